The molecule has 0 aliphatic rings. The highest BCUT2D eigenvalue weighted by Gasteiger charge is 2.15. The van der Waals surface area contributed by atoms with E-state index in [1.54, 1.807) is 29.0 Å². The smallest absolute Gasteiger partial charge is 0.422 e. The van der Waals surface area contributed by atoms with Crippen molar-refractivity contribution in [1.82, 2.24) is 4.72 Å². The zero-order valence-corrected chi connectivity index (χ0v) is 12.7. The Bertz CT molecular complexity index is 829. The van der Waals surface area contributed by atoms with Crippen molar-refractivity contribution in [3.63, 3.8) is 0 Å². The number of anilines is 1. The van der Waals surface area contributed by atoms with Gasteiger partial charge in [-0.25, -0.2) is 14.4 Å². The Balaban J connectivity index is 1.92. The van der Waals surface area contributed by atoms with Crippen molar-refractivity contribution in [2.45, 2.75) is 6.61 Å². The van der Waals surface area contributed by atoms with E-state index in [0.717, 1.165) is 5.56 Å². The van der Waals surface area contributed by atoms with E-state index in [1.165, 1.54) is 24.3 Å². The van der Waals surface area contributed by atoms with E-state index in [1.807, 2.05) is 6.07 Å². The van der Waals surface area contributed by atoms with E-state index in [0.29, 0.717) is 0 Å². The summed E-state index contributed by atoms with van der Waals surface area (Å²) in [6.07, 6.45) is -1.09. The minimum Gasteiger partial charge on any atom is -0.444 e. The maximum atomic E-state index is 11.8. The maximum absolute atomic E-state index is 11.8. The molecule has 0 aromatic heterocycles. The fourth-order valence-corrected chi connectivity index (χ4v) is 2.45. The van der Waals surface area contributed by atoms with Crippen molar-refractivity contribution in [3.05, 3.63) is 71.6 Å². The molecule has 23 heavy (non-hydrogen) atoms. The van der Waals surface area contributed by atoms with E-state index in [4.69, 9.17) is 11.3 Å². The molecule has 0 fully saturated rings. The van der Waals surface area contributed by atoms with Crippen LogP contribution in [0.4, 0.5) is 16.2 Å². The number of nitrogens with one attached hydrogen (secondary N) is 2. The molecule has 8 heteroatoms. The molecule has 0 unspecified atom stereocenters. The molecule has 118 valence electrons. The molecule has 0 saturated heterocycles. The topological polar surface area (TPSA) is 88.9 Å². The van der Waals surface area contributed by atoms with E-state index in [2.05, 4.69) is 9.57 Å². The first kappa shape index (κ1) is 16.3. The van der Waals surface area contributed by atoms with Crippen LogP contribution >= 0.6 is 0 Å². The highest BCUT2D eigenvalue weighted by molar-refractivity contribution is 7.91. The van der Waals surface area contributed by atoms with E-state index < -0.39 is 16.3 Å². The number of carbonyl (C=O) groups excluding carboxylic acids is 1. The van der Waals surface area contributed by atoms with Gasteiger partial charge in [-0.05, 0) is 17.7 Å². The van der Waals surface area contributed by atoms with Gasteiger partial charge in [-0.1, -0.05) is 42.5 Å². The Morgan fingerprint density at radius 3 is 2.57 bits per heavy atom. The number of benzene rings is 2. The molecule has 0 heterocycles. The van der Waals surface area contributed by atoms with Gasteiger partial charge in [0.05, 0.1) is 6.57 Å². The molecule has 0 bridgehead atoms. The molecular weight excluding hydrogens is 318 g/mol. The lowest BCUT2D eigenvalue weighted by Gasteiger charge is -2.10. The maximum Gasteiger partial charge on any atom is 0.422 e. The molecule has 7 nitrogen and oxygen atoms in total. The van der Waals surface area contributed by atoms with Gasteiger partial charge >= 0.3 is 16.3 Å². The molecule has 2 aromatic rings. The molecule has 0 radical (unpaired) electrons. The van der Waals surface area contributed by atoms with Crippen molar-refractivity contribution in [3.8, 4) is 0 Å². The second-order valence-corrected chi connectivity index (χ2v) is 5.85. The Hall–Kier alpha value is -3.05. The first-order valence-corrected chi connectivity index (χ1v) is 7.95. The minimum absolute atomic E-state index is 0.0462. The second-order valence-electron chi connectivity index (χ2n) is 4.43. The molecule has 2 rings (SSSR count). The van der Waals surface area contributed by atoms with Crippen molar-refractivity contribution in [2.75, 3.05) is 4.72 Å². The molecule has 0 aliphatic carbocycles. The Morgan fingerprint density at radius 2 is 1.87 bits per heavy atom. The van der Waals surface area contributed by atoms with Crippen LogP contribution < -0.4 is 9.44 Å². The molecule has 0 aliphatic heterocycles. The second kappa shape index (κ2) is 7.29. The summed E-state index contributed by atoms with van der Waals surface area (Å²) in [6.45, 7) is 6.83. The van der Waals surface area contributed by atoms with E-state index >= 15 is 0 Å². The molecule has 2 N–H and O–H groups in total. The Kier molecular flexibility index (Phi) is 5.17. The Labute approximate surface area is 133 Å². The van der Waals surface area contributed by atoms with Crippen LogP contribution in [0.25, 0.3) is 4.85 Å². The van der Waals surface area contributed by atoms with Crippen LogP contribution in [0.15, 0.2) is 54.6 Å². The van der Waals surface area contributed by atoms with E-state index in [9.17, 15) is 13.2 Å². The summed E-state index contributed by atoms with van der Waals surface area (Å²) in [5.74, 6) is 0. The highest BCUT2D eigenvalue weighted by atomic mass is 32.2. The summed E-state index contributed by atoms with van der Waals surface area (Å²) < 4.78 is 32.3. The fraction of sp³-hybridized carbons (Fsp3) is 0.0667. The third-order valence-corrected chi connectivity index (χ3v) is 3.60. The van der Waals surface area contributed by atoms with Gasteiger partial charge in [-0.3, -0.25) is 4.72 Å². The summed E-state index contributed by atoms with van der Waals surface area (Å²) in [4.78, 5) is 14.7. The molecule has 1 amide bonds. The lowest BCUT2D eigenvalue weighted by atomic mass is 10.2. The average molecular weight is 331 g/mol. The largest absolute Gasteiger partial charge is 0.444 e. The van der Waals surface area contributed by atoms with Crippen LogP contribution in [-0.2, 0) is 21.6 Å². The van der Waals surface area contributed by atoms with Gasteiger partial charge in [-0.15, -0.1) is 0 Å². The van der Waals surface area contributed by atoms with Gasteiger partial charge in [0.15, 0.2) is 5.69 Å². The third-order valence-electron chi connectivity index (χ3n) is 2.66. The number of carbonyl (C=O) groups is 1. The predicted octanol–water partition coefficient (Wildman–Crippen LogP) is 2.82. The highest BCUT2D eigenvalue weighted by Crippen LogP contribution is 2.18. The number of amides is 1. The first-order valence-electron chi connectivity index (χ1n) is 6.47. The van der Waals surface area contributed by atoms with Crippen LogP contribution in [0, 0.1) is 6.57 Å². The van der Waals surface area contributed by atoms with Gasteiger partial charge in [0, 0.05) is 5.69 Å². The third kappa shape index (κ3) is 5.33. The summed E-state index contributed by atoms with van der Waals surface area (Å²) >= 11 is 0. The van der Waals surface area contributed by atoms with Crippen molar-refractivity contribution >= 4 is 27.7 Å². The Morgan fingerprint density at radius 1 is 1.13 bits per heavy atom. The van der Waals surface area contributed by atoms with Gasteiger partial charge < -0.3 is 4.74 Å². The predicted molar refractivity (Wildman–Crippen MR) is 85.0 cm³/mol. The summed E-state index contributed by atoms with van der Waals surface area (Å²) in [6, 6.07) is 14.7. The van der Waals surface area contributed by atoms with Crippen molar-refractivity contribution < 1.29 is 17.9 Å². The molecule has 0 spiro atoms. The summed E-state index contributed by atoms with van der Waals surface area (Å²) in [7, 11) is -4.14. The molecule has 0 atom stereocenters. The van der Waals surface area contributed by atoms with Crippen molar-refractivity contribution in [1.29, 1.82) is 0 Å². The molecular formula is C15H13N3O4S. The molecule has 0 saturated carbocycles. The van der Waals surface area contributed by atoms with E-state index in [-0.39, 0.29) is 18.0 Å². The van der Waals surface area contributed by atoms with Gasteiger partial charge in [0.2, 0.25) is 0 Å². The number of rotatable bonds is 5. The number of nitrogens with zero attached hydrogens (tertiary/aromatic N) is 1. The SMILES string of the molecule is [C-]#[N+]c1cccc(NS(=O)(=O)NC(=O)OCc2ccccc2)c1. The minimum atomic E-state index is -4.14. The quantitative estimate of drug-likeness (QED) is 0.825. The fourth-order valence-electron chi connectivity index (χ4n) is 1.68. The van der Waals surface area contributed by atoms with Crippen LogP contribution in [0.5, 0.6) is 0 Å². The van der Waals surface area contributed by atoms with Crippen LogP contribution in [0.3, 0.4) is 0 Å². The monoisotopic (exact) mass is 331 g/mol. The van der Waals surface area contributed by atoms with Crippen LogP contribution in [0.1, 0.15) is 5.56 Å². The standard InChI is InChI=1S/C15H13N3O4S/c1-16-13-8-5-9-14(10-13)17-23(20,21)18-15(19)22-11-12-6-3-2-4-7-12/h2-10,17H,11H2,(H,18,19). The lowest BCUT2D eigenvalue weighted by molar-refractivity contribution is 0.146. The lowest BCUT2D eigenvalue weighted by Crippen LogP contribution is -2.35. The number of hydrogen-bond acceptors (Lipinski definition) is 4. The van der Waals surface area contributed by atoms with Gasteiger partial charge in [0.25, 0.3) is 0 Å². The first-order chi connectivity index (χ1) is 11.0. The summed E-state index contributed by atoms with van der Waals surface area (Å²) in [5, 5.41) is 0. The normalized spacial score (nSPS) is 10.4. The van der Waals surface area contributed by atoms with Gasteiger partial charge in [0.1, 0.15) is 6.61 Å². The van der Waals surface area contributed by atoms with Crippen LogP contribution in [0.2, 0.25) is 0 Å². The average Bonchev–Trinajstić information content (AvgIpc) is 2.53. The summed E-state index contributed by atoms with van der Waals surface area (Å²) in [5.41, 5.74) is 1.18. The number of hydrogen-bond donors (Lipinski definition) is 2. The van der Waals surface area contributed by atoms with Crippen molar-refractivity contribution in [2.24, 2.45) is 0 Å². The van der Waals surface area contributed by atoms with Gasteiger partial charge in [-0.2, -0.15) is 8.42 Å². The number of ether oxygens (including phenoxy) is 1. The van der Waals surface area contributed by atoms with Crippen LogP contribution in [-0.4, -0.2) is 14.5 Å². The zero-order valence-electron chi connectivity index (χ0n) is 11.9. The molecule has 2 aromatic carbocycles. The zero-order chi connectivity index (χ0) is 16.7.